The number of ether oxygens (including phenoxy) is 1. The molecule has 3 aliphatic rings. The first kappa shape index (κ1) is 18.7. The summed E-state index contributed by atoms with van der Waals surface area (Å²) in [7, 11) is 0. The number of cyclic esters (lactones) is 1. The van der Waals surface area contributed by atoms with Gasteiger partial charge in [0.25, 0.3) is 0 Å². The van der Waals surface area contributed by atoms with Gasteiger partial charge in [-0.1, -0.05) is 0 Å². The number of carbonyl (C=O) groups is 3. The summed E-state index contributed by atoms with van der Waals surface area (Å²) in [6.45, 7) is 2.43. The molecule has 28 heavy (non-hydrogen) atoms. The number of likely N-dealkylation sites (tertiary alicyclic amines) is 1. The van der Waals surface area contributed by atoms with Crippen LogP contribution in [0, 0.1) is 11.2 Å². The standard InChI is InChI=1S/C20H24FN3O4/c21-15-2-4-16(5-3-15)24-9-1-6-20(18(24)26)7-10-22(11-8-20)17(25)14-23-12-13-28-19(23)27/h2-5H,1,6-14H2. The second-order valence-corrected chi connectivity index (χ2v) is 7.73. The van der Waals surface area contributed by atoms with Crippen LogP contribution in [-0.2, 0) is 14.3 Å². The van der Waals surface area contributed by atoms with Gasteiger partial charge < -0.3 is 14.5 Å². The SMILES string of the molecule is O=C(CN1CCOC1=O)N1CCC2(CCCN(c3ccc(F)cc3)C2=O)CC1. The van der Waals surface area contributed by atoms with Crippen molar-refractivity contribution in [3.05, 3.63) is 30.1 Å². The van der Waals surface area contributed by atoms with E-state index in [0.29, 0.717) is 45.6 Å². The Hall–Kier alpha value is -2.64. The van der Waals surface area contributed by atoms with E-state index >= 15 is 0 Å². The lowest BCUT2D eigenvalue weighted by Gasteiger charge is -2.46. The van der Waals surface area contributed by atoms with Crippen LogP contribution >= 0.6 is 0 Å². The van der Waals surface area contributed by atoms with E-state index < -0.39 is 11.5 Å². The highest BCUT2D eigenvalue weighted by Gasteiger charge is 2.46. The number of anilines is 1. The molecule has 0 saturated carbocycles. The van der Waals surface area contributed by atoms with E-state index in [1.165, 1.54) is 17.0 Å². The molecule has 7 nitrogen and oxygen atoms in total. The van der Waals surface area contributed by atoms with E-state index in [4.69, 9.17) is 4.74 Å². The maximum absolute atomic E-state index is 13.2. The lowest BCUT2D eigenvalue weighted by molar-refractivity contribution is -0.140. The predicted molar refractivity (Wildman–Crippen MR) is 99.2 cm³/mol. The molecule has 0 bridgehead atoms. The molecule has 1 aromatic rings. The molecule has 4 rings (SSSR count). The minimum atomic E-state index is -0.462. The van der Waals surface area contributed by atoms with Crippen LogP contribution in [0.5, 0.6) is 0 Å². The maximum Gasteiger partial charge on any atom is 0.410 e. The first-order valence-electron chi connectivity index (χ1n) is 9.76. The fraction of sp³-hybridized carbons (Fsp3) is 0.550. The summed E-state index contributed by atoms with van der Waals surface area (Å²) in [4.78, 5) is 42.2. The quantitative estimate of drug-likeness (QED) is 0.793. The van der Waals surface area contributed by atoms with Crippen LogP contribution in [0.2, 0.25) is 0 Å². The molecule has 3 amide bonds. The highest BCUT2D eigenvalue weighted by Crippen LogP contribution is 2.42. The van der Waals surface area contributed by atoms with Crippen molar-refractivity contribution in [3.63, 3.8) is 0 Å². The Morgan fingerprint density at radius 3 is 2.39 bits per heavy atom. The van der Waals surface area contributed by atoms with Crippen molar-refractivity contribution in [2.75, 3.05) is 44.2 Å². The summed E-state index contributed by atoms with van der Waals surface area (Å²) in [5.41, 5.74) is 0.257. The Balaban J connectivity index is 1.39. The van der Waals surface area contributed by atoms with Crippen LogP contribution in [0.3, 0.4) is 0 Å². The van der Waals surface area contributed by atoms with Crippen molar-refractivity contribution in [2.45, 2.75) is 25.7 Å². The molecule has 1 spiro atoms. The largest absolute Gasteiger partial charge is 0.448 e. The van der Waals surface area contributed by atoms with Crippen LogP contribution < -0.4 is 4.90 Å². The molecular formula is C20H24FN3O4. The first-order valence-corrected chi connectivity index (χ1v) is 9.76. The Bertz CT molecular complexity index is 774. The van der Waals surface area contributed by atoms with Crippen molar-refractivity contribution in [1.82, 2.24) is 9.80 Å². The monoisotopic (exact) mass is 389 g/mol. The number of nitrogens with zero attached hydrogens (tertiary/aromatic N) is 3. The number of hydrogen-bond donors (Lipinski definition) is 0. The fourth-order valence-electron chi connectivity index (χ4n) is 4.42. The summed E-state index contributed by atoms with van der Waals surface area (Å²) in [5.74, 6) is -0.357. The highest BCUT2D eigenvalue weighted by molar-refractivity contribution is 5.98. The van der Waals surface area contributed by atoms with E-state index in [9.17, 15) is 18.8 Å². The van der Waals surface area contributed by atoms with Crippen LogP contribution in [-0.4, -0.2) is 67.0 Å². The molecule has 0 aliphatic carbocycles. The maximum atomic E-state index is 13.2. The lowest BCUT2D eigenvalue weighted by Crippen LogP contribution is -2.55. The van der Waals surface area contributed by atoms with Crippen LogP contribution in [0.1, 0.15) is 25.7 Å². The Morgan fingerprint density at radius 2 is 1.75 bits per heavy atom. The number of benzene rings is 1. The van der Waals surface area contributed by atoms with E-state index in [2.05, 4.69) is 0 Å². The lowest BCUT2D eigenvalue weighted by atomic mass is 9.71. The normalized spacial score (nSPS) is 22.0. The average molecular weight is 389 g/mol. The van der Waals surface area contributed by atoms with E-state index in [1.54, 1.807) is 21.9 Å². The van der Waals surface area contributed by atoms with Crippen molar-refractivity contribution >= 4 is 23.6 Å². The number of amides is 3. The van der Waals surface area contributed by atoms with Gasteiger partial charge in [0.1, 0.15) is 19.0 Å². The van der Waals surface area contributed by atoms with E-state index in [-0.39, 0.29) is 24.2 Å². The summed E-state index contributed by atoms with van der Waals surface area (Å²) < 4.78 is 18.1. The molecule has 3 aliphatic heterocycles. The van der Waals surface area contributed by atoms with E-state index in [1.807, 2.05) is 0 Å². The second-order valence-electron chi connectivity index (χ2n) is 7.73. The number of hydrogen-bond acceptors (Lipinski definition) is 4. The Morgan fingerprint density at radius 1 is 1.04 bits per heavy atom. The average Bonchev–Trinajstić information content (AvgIpc) is 3.10. The molecule has 8 heteroatoms. The highest BCUT2D eigenvalue weighted by atomic mass is 19.1. The van der Waals surface area contributed by atoms with Gasteiger partial charge in [-0.3, -0.25) is 14.5 Å². The zero-order valence-corrected chi connectivity index (χ0v) is 15.7. The van der Waals surface area contributed by atoms with Crippen LogP contribution in [0.15, 0.2) is 24.3 Å². The smallest absolute Gasteiger partial charge is 0.410 e. The third kappa shape index (κ3) is 3.43. The van der Waals surface area contributed by atoms with Crippen molar-refractivity contribution in [2.24, 2.45) is 5.41 Å². The number of halogens is 1. The van der Waals surface area contributed by atoms with Gasteiger partial charge in [0, 0.05) is 25.3 Å². The summed E-state index contributed by atoms with van der Waals surface area (Å²) in [6, 6.07) is 6.02. The molecule has 3 saturated heterocycles. The molecule has 0 N–H and O–H groups in total. The van der Waals surface area contributed by atoms with Gasteiger partial charge in [0.05, 0.1) is 12.0 Å². The second kappa shape index (κ2) is 7.41. The molecule has 0 aromatic heterocycles. The zero-order chi connectivity index (χ0) is 19.7. The van der Waals surface area contributed by atoms with Crippen molar-refractivity contribution in [1.29, 1.82) is 0 Å². The Labute approximate surface area is 163 Å². The topological polar surface area (TPSA) is 70.2 Å². The summed E-state index contributed by atoms with van der Waals surface area (Å²) >= 11 is 0. The number of carbonyl (C=O) groups excluding carboxylic acids is 3. The van der Waals surface area contributed by atoms with Crippen LogP contribution in [0.25, 0.3) is 0 Å². The zero-order valence-electron chi connectivity index (χ0n) is 15.7. The van der Waals surface area contributed by atoms with Gasteiger partial charge in [-0.2, -0.15) is 0 Å². The first-order chi connectivity index (χ1) is 13.5. The van der Waals surface area contributed by atoms with Gasteiger partial charge in [-0.25, -0.2) is 9.18 Å². The third-order valence-corrected chi connectivity index (χ3v) is 6.12. The Kier molecular flexibility index (Phi) is 4.95. The van der Waals surface area contributed by atoms with Gasteiger partial charge in [-0.15, -0.1) is 0 Å². The van der Waals surface area contributed by atoms with Crippen molar-refractivity contribution < 1.29 is 23.5 Å². The molecule has 150 valence electrons. The number of piperidine rings is 2. The summed E-state index contributed by atoms with van der Waals surface area (Å²) in [6.07, 6.45) is 2.47. The van der Waals surface area contributed by atoms with Crippen molar-refractivity contribution in [3.8, 4) is 0 Å². The molecule has 0 unspecified atom stereocenters. The molecule has 3 fully saturated rings. The van der Waals surface area contributed by atoms with Crippen LogP contribution in [0.4, 0.5) is 14.9 Å². The molecule has 3 heterocycles. The summed E-state index contributed by atoms with van der Waals surface area (Å²) in [5, 5.41) is 0. The third-order valence-electron chi connectivity index (χ3n) is 6.12. The predicted octanol–water partition coefficient (Wildman–Crippen LogP) is 2.01. The molecule has 0 radical (unpaired) electrons. The van der Waals surface area contributed by atoms with E-state index in [0.717, 1.165) is 18.5 Å². The fourth-order valence-corrected chi connectivity index (χ4v) is 4.42. The van der Waals surface area contributed by atoms with Gasteiger partial charge in [0.15, 0.2) is 0 Å². The molecule has 0 atom stereocenters. The minimum absolute atomic E-state index is 0.0293. The minimum Gasteiger partial charge on any atom is -0.448 e. The van der Waals surface area contributed by atoms with Gasteiger partial charge in [0.2, 0.25) is 11.8 Å². The molecule has 1 aromatic carbocycles. The number of rotatable bonds is 3. The molecular weight excluding hydrogens is 365 g/mol. The van der Waals surface area contributed by atoms with Gasteiger partial charge in [-0.05, 0) is 49.9 Å². The van der Waals surface area contributed by atoms with Gasteiger partial charge >= 0.3 is 6.09 Å².